The molecule has 0 saturated carbocycles. The predicted molar refractivity (Wildman–Crippen MR) is 59.8 cm³/mol. The van der Waals surface area contributed by atoms with E-state index in [0.29, 0.717) is 4.68 Å². The summed E-state index contributed by atoms with van der Waals surface area (Å²) >= 11 is 10.9. The third-order valence-electron chi connectivity index (χ3n) is 1.96. The molecule has 0 fully saturated rings. The van der Waals surface area contributed by atoms with Gasteiger partial charge in [0.1, 0.15) is 10.0 Å². The molecule has 1 unspecified atom stereocenters. The van der Waals surface area contributed by atoms with Crippen molar-refractivity contribution in [1.82, 2.24) is 9.78 Å². The highest BCUT2D eigenvalue weighted by Gasteiger charge is 2.23. The number of nitrogens with zero attached hydrogens (tertiary/aromatic N) is 2. The molecule has 0 aliphatic heterocycles. The van der Waals surface area contributed by atoms with Crippen LogP contribution in [-0.4, -0.2) is 22.4 Å². The average Bonchev–Trinajstić information content (AvgIpc) is 2.30. The van der Waals surface area contributed by atoms with Crippen molar-refractivity contribution in [3.05, 3.63) is 26.3 Å². The van der Waals surface area contributed by atoms with E-state index in [-0.39, 0.29) is 6.61 Å². The first-order valence-electron chi connectivity index (χ1n) is 4.70. The van der Waals surface area contributed by atoms with E-state index >= 15 is 0 Å². The van der Waals surface area contributed by atoms with Gasteiger partial charge in [0.2, 0.25) is 0 Å². The zero-order valence-electron chi connectivity index (χ0n) is 9.04. The lowest BCUT2D eigenvalue weighted by molar-refractivity contribution is -0.147. The summed E-state index contributed by atoms with van der Waals surface area (Å²) in [7, 11) is 0. The highest BCUT2D eigenvalue weighted by Crippen LogP contribution is 2.20. The zero-order valence-corrected chi connectivity index (χ0v) is 10.5. The van der Waals surface area contributed by atoms with Gasteiger partial charge in [0, 0.05) is 0 Å². The minimum absolute atomic E-state index is 0.141. The van der Waals surface area contributed by atoms with E-state index in [2.05, 4.69) is 9.84 Å². The van der Waals surface area contributed by atoms with Crippen LogP contribution >= 0.6 is 23.2 Å². The number of hydrogen-bond acceptors (Lipinski definition) is 4. The summed E-state index contributed by atoms with van der Waals surface area (Å²) in [6, 6.07) is -1.08. The first-order chi connectivity index (χ1) is 7.90. The smallest absolute Gasteiger partial charge is 0.330 e. The summed E-state index contributed by atoms with van der Waals surface area (Å²) in [5.74, 6) is -1.83. The fourth-order valence-corrected chi connectivity index (χ4v) is 1.38. The number of aromatic nitrogens is 2. The van der Waals surface area contributed by atoms with Crippen LogP contribution in [0.2, 0.25) is 10.0 Å². The maximum absolute atomic E-state index is 13.2. The highest BCUT2D eigenvalue weighted by atomic mass is 35.5. The van der Waals surface area contributed by atoms with Gasteiger partial charge >= 0.3 is 5.97 Å². The molecule has 1 heterocycles. The Bertz CT molecular complexity index is 504. The molecule has 5 nitrogen and oxygen atoms in total. The minimum atomic E-state index is -1.12. The van der Waals surface area contributed by atoms with Gasteiger partial charge in [0.15, 0.2) is 6.04 Å². The molecule has 94 valence electrons. The Hall–Kier alpha value is -1.14. The summed E-state index contributed by atoms with van der Waals surface area (Å²) in [6.45, 7) is 3.09. The number of rotatable bonds is 3. The van der Waals surface area contributed by atoms with E-state index in [1.807, 2.05) is 0 Å². The third kappa shape index (κ3) is 2.76. The Labute approximate surface area is 106 Å². The van der Waals surface area contributed by atoms with Gasteiger partial charge in [0.25, 0.3) is 11.5 Å². The summed E-state index contributed by atoms with van der Waals surface area (Å²) in [5.41, 5.74) is -0.849. The summed E-state index contributed by atoms with van der Waals surface area (Å²) in [4.78, 5) is 23.0. The molecule has 0 N–H and O–H groups in total. The van der Waals surface area contributed by atoms with Crippen molar-refractivity contribution >= 4 is 29.2 Å². The molecular formula is C9H9Cl2FN2O3. The fourth-order valence-electron chi connectivity index (χ4n) is 1.09. The Balaban J connectivity index is 3.24. The molecule has 1 aromatic heterocycles. The lowest BCUT2D eigenvalue weighted by Crippen LogP contribution is -2.32. The van der Waals surface area contributed by atoms with Crippen LogP contribution in [-0.2, 0) is 9.53 Å². The molecule has 1 rings (SSSR count). The largest absolute Gasteiger partial charge is 0.464 e. The van der Waals surface area contributed by atoms with Gasteiger partial charge in [-0.3, -0.25) is 4.79 Å². The summed E-state index contributed by atoms with van der Waals surface area (Å²) in [5, 5.41) is 2.17. The Morgan fingerprint density at radius 2 is 2.12 bits per heavy atom. The van der Waals surface area contributed by atoms with Crippen molar-refractivity contribution in [2.75, 3.05) is 6.61 Å². The number of carbonyl (C=O) groups is 1. The van der Waals surface area contributed by atoms with Crippen molar-refractivity contribution < 1.29 is 13.9 Å². The number of esters is 1. The fraction of sp³-hybridized carbons (Fsp3) is 0.444. The van der Waals surface area contributed by atoms with Crippen LogP contribution in [0.5, 0.6) is 0 Å². The number of hydrogen-bond donors (Lipinski definition) is 0. The van der Waals surface area contributed by atoms with Crippen LogP contribution in [0.1, 0.15) is 19.9 Å². The van der Waals surface area contributed by atoms with E-state index in [4.69, 9.17) is 23.2 Å². The second kappa shape index (κ2) is 5.46. The molecular weight excluding hydrogens is 274 g/mol. The molecule has 0 saturated heterocycles. The molecule has 0 aliphatic rings. The topological polar surface area (TPSA) is 61.2 Å². The number of carbonyl (C=O) groups excluding carboxylic acids is 1. The number of ether oxygens (including phenoxy) is 1. The molecule has 0 amide bonds. The molecule has 0 radical (unpaired) electrons. The molecule has 17 heavy (non-hydrogen) atoms. The van der Waals surface area contributed by atoms with Crippen LogP contribution in [0.15, 0.2) is 4.79 Å². The van der Waals surface area contributed by atoms with Crippen molar-refractivity contribution in [3.63, 3.8) is 0 Å². The molecule has 0 bridgehead atoms. The van der Waals surface area contributed by atoms with Crippen molar-refractivity contribution in [3.8, 4) is 0 Å². The Morgan fingerprint density at radius 3 is 2.65 bits per heavy atom. The maximum Gasteiger partial charge on any atom is 0.330 e. The molecule has 8 heteroatoms. The lowest BCUT2D eigenvalue weighted by atomic mass is 10.3. The number of halogens is 3. The van der Waals surface area contributed by atoms with Gasteiger partial charge < -0.3 is 4.74 Å². The molecule has 0 aromatic carbocycles. The SMILES string of the molecule is CCOC(=O)C(C)n1nc(F)c(Cl)c(Cl)c1=O. The van der Waals surface area contributed by atoms with Crippen LogP contribution in [0.4, 0.5) is 4.39 Å². The molecule has 0 aliphatic carbocycles. The van der Waals surface area contributed by atoms with E-state index in [1.54, 1.807) is 6.92 Å². The van der Waals surface area contributed by atoms with Gasteiger partial charge in [-0.25, -0.2) is 9.48 Å². The van der Waals surface area contributed by atoms with E-state index in [9.17, 15) is 14.0 Å². The van der Waals surface area contributed by atoms with Gasteiger partial charge in [-0.05, 0) is 13.8 Å². The third-order valence-corrected chi connectivity index (χ3v) is 2.75. The van der Waals surface area contributed by atoms with Gasteiger partial charge in [-0.2, -0.15) is 4.39 Å². The van der Waals surface area contributed by atoms with E-state index in [0.717, 1.165) is 0 Å². The average molecular weight is 283 g/mol. The van der Waals surface area contributed by atoms with Crippen LogP contribution in [0.3, 0.4) is 0 Å². The van der Waals surface area contributed by atoms with Gasteiger partial charge in [-0.1, -0.05) is 23.2 Å². The van der Waals surface area contributed by atoms with E-state index < -0.39 is 33.6 Å². The Morgan fingerprint density at radius 1 is 1.53 bits per heavy atom. The van der Waals surface area contributed by atoms with Crippen molar-refractivity contribution in [2.45, 2.75) is 19.9 Å². The van der Waals surface area contributed by atoms with Gasteiger partial charge in [0.05, 0.1) is 6.61 Å². The van der Waals surface area contributed by atoms with Crippen LogP contribution in [0, 0.1) is 5.95 Å². The van der Waals surface area contributed by atoms with E-state index in [1.165, 1.54) is 6.92 Å². The summed E-state index contributed by atoms with van der Waals surface area (Å²) < 4.78 is 18.5. The normalized spacial score (nSPS) is 12.3. The minimum Gasteiger partial charge on any atom is -0.464 e. The van der Waals surface area contributed by atoms with Gasteiger partial charge in [-0.15, -0.1) is 5.10 Å². The highest BCUT2D eigenvalue weighted by molar-refractivity contribution is 6.41. The summed E-state index contributed by atoms with van der Waals surface area (Å²) in [6.07, 6.45) is 0. The first kappa shape index (κ1) is 13.9. The van der Waals surface area contributed by atoms with Crippen LogP contribution in [0.25, 0.3) is 0 Å². The van der Waals surface area contributed by atoms with Crippen molar-refractivity contribution in [1.29, 1.82) is 0 Å². The maximum atomic E-state index is 13.2. The zero-order chi connectivity index (χ0) is 13.2. The molecule has 1 aromatic rings. The molecule has 0 spiro atoms. The lowest BCUT2D eigenvalue weighted by Gasteiger charge is -2.13. The monoisotopic (exact) mass is 282 g/mol. The molecule has 1 atom stereocenters. The quantitative estimate of drug-likeness (QED) is 0.794. The van der Waals surface area contributed by atoms with Crippen LogP contribution < -0.4 is 5.56 Å². The second-order valence-corrected chi connectivity index (χ2v) is 3.85. The predicted octanol–water partition coefficient (Wildman–Crippen LogP) is 1.81. The standard InChI is InChI=1S/C9H9Cl2FN2O3/c1-3-17-9(16)4(2)14-8(15)6(11)5(10)7(12)13-14/h4H,3H2,1-2H3. The first-order valence-corrected chi connectivity index (χ1v) is 5.45. The second-order valence-electron chi connectivity index (χ2n) is 3.10. The van der Waals surface area contributed by atoms with Crippen molar-refractivity contribution in [2.24, 2.45) is 0 Å². The Kier molecular flexibility index (Phi) is 4.47.